The van der Waals surface area contributed by atoms with Gasteiger partial charge in [-0.25, -0.2) is 4.79 Å². The van der Waals surface area contributed by atoms with Crippen LogP contribution in [0.3, 0.4) is 0 Å². The Bertz CT molecular complexity index is 424. The molecule has 0 heterocycles. The van der Waals surface area contributed by atoms with Gasteiger partial charge in [0.1, 0.15) is 5.60 Å². The van der Waals surface area contributed by atoms with Crippen LogP contribution in [-0.4, -0.2) is 24.3 Å². The lowest BCUT2D eigenvalue weighted by Crippen LogP contribution is -2.45. The lowest BCUT2D eigenvalue weighted by atomic mass is 10.0. The van der Waals surface area contributed by atoms with Crippen molar-refractivity contribution in [2.45, 2.75) is 52.8 Å². The first-order valence-electron chi connectivity index (χ1n) is 7.52. The zero-order valence-corrected chi connectivity index (χ0v) is 13.8. The van der Waals surface area contributed by atoms with Crippen LogP contribution in [0.15, 0.2) is 30.3 Å². The van der Waals surface area contributed by atoms with E-state index >= 15 is 0 Å². The van der Waals surface area contributed by atoms with E-state index in [1.54, 1.807) is 0 Å². The van der Waals surface area contributed by atoms with E-state index in [-0.39, 0.29) is 12.1 Å². The minimum absolute atomic E-state index is 0.206. The molecule has 1 rings (SSSR count). The number of nitrogens with one attached hydrogen (secondary N) is 2. The van der Waals surface area contributed by atoms with E-state index in [0.717, 1.165) is 6.54 Å². The highest BCUT2D eigenvalue weighted by atomic mass is 16.6. The van der Waals surface area contributed by atoms with Crippen LogP contribution in [0.2, 0.25) is 0 Å². The normalized spacial score (nSPS) is 13.0. The number of benzene rings is 1. The van der Waals surface area contributed by atoms with Crippen LogP contribution in [0.4, 0.5) is 4.79 Å². The second-order valence-electron chi connectivity index (χ2n) is 6.60. The highest BCUT2D eigenvalue weighted by Crippen LogP contribution is 2.07. The third-order valence-electron chi connectivity index (χ3n) is 3.08. The molecule has 2 N–H and O–H groups in total. The maximum atomic E-state index is 11.7. The van der Waals surface area contributed by atoms with E-state index < -0.39 is 5.60 Å². The van der Waals surface area contributed by atoms with Crippen molar-refractivity contribution < 1.29 is 9.53 Å². The number of carbonyl (C=O) groups is 1. The summed E-state index contributed by atoms with van der Waals surface area (Å²) in [7, 11) is 0. The molecule has 0 bridgehead atoms. The number of rotatable bonds is 6. The summed E-state index contributed by atoms with van der Waals surface area (Å²) in [5.41, 5.74) is 0.773. The molecule has 0 aromatic heterocycles. The SMILES string of the molecule is CC(C)C(CNC(=O)OC(C)(C)C)NCc1ccccc1. The van der Waals surface area contributed by atoms with Crippen molar-refractivity contribution >= 4 is 6.09 Å². The number of carbonyl (C=O) groups excluding carboxylic acids is 1. The average molecular weight is 292 g/mol. The van der Waals surface area contributed by atoms with Gasteiger partial charge in [0.2, 0.25) is 0 Å². The first-order valence-corrected chi connectivity index (χ1v) is 7.52. The zero-order valence-electron chi connectivity index (χ0n) is 13.8. The van der Waals surface area contributed by atoms with E-state index in [2.05, 4.69) is 36.6 Å². The fourth-order valence-electron chi connectivity index (χ4n) is 1.90. The topological polar surface area (TPSA) is 50.4 Å². The monoisotopic (exact) mass is 292 g/mol. The van der Waals surface area contributed by atoms with Crippen LogP contribution >= 0.6 is 0 Å². The maximum Gasteiger partial charge on any atom is 0.407 e. The highest BCUT2D eigenvalue weighted by Gasteiger charge is 2.18. The molecule has 1 unspecified atom stereocenters. The summed E-state index contributed by atoms with van der Waals surface area (Å²) in [6, 6.07) is 10.4. The molecule has 0 fully saturated rings. The number of amides is 1. The van der Waals surface area contributed by atoms with E-state index in [0.29, 0.717) is 12.5 Å². The van der Waals surface area contributed by atoms with Gasteiger partial charge in [-0.05, 0) is 32.3 Å². The molecule has 4 heteroatoms. The summed E-state index contributed by atoms with van der Waals surface area (Å²) in [6.07, 6.45) is -0.366. The van der Waals surface area contributed by atoms with E-state index in [1.807, 2.05) is 39.0 Å². The number of ether oxygens (including phenoxy) is 1. The number of alkyl carbamates (subject to hydrolysis) is 1. The van der Waals surface area contributed by atoms with Crippen molar-refractivity contribution in [3.8, 4) is 0 Å². The van der Waals surface area contributed by atoms with Gasteiger partial charge in [0.25, 0.3) is 0 Å². The van der Waals surface area contributed by atoms with E-state index in [9.17, 15) is 4.79 Å². The van der Waals surface area contributed by atoms with Crippen LogP contribution < -0.4 is 10.6 Å². The molecule has 0 aliphatic carbocycles. The Labute approximate surface area is 128 Å². The summed E-state index contributed by atoms with van der Waals surface area (Å²) >= 11 is 0. The predicted octanol–water partition coefficient (Wildman–Crippen LogP) is 3.33. The summed E-state index contributed by atoms with van der Waals surface area (Å²) in [6.45, 7) is 11.2. The first kappa shape index (κ1) is 17.5. The van der Waals surface area contributed by atoms with Crippen LogP contribution in [0.25, 0.3) is 0 Å². The molecular weight excluding hydrogens is 264 g/mol. The standard InChI is InChI=1S/C17H28N2O2/c1-13(2)15(12-19-16(20)21-17(3,4)5)18-11-14-9-7-6-8-10-14/h6-10,13,15,18H,11-12H2,1-5H3,(H,19,20). The van der Waals surface area contributed by atoms with E-state index in [1.165, 1.54) is 5.56 Å². The van der Waals surface area contributed by atoms with Gasteiger partial charge in [0.05, 0.1) is 0 Å². The van der Waals surface area contributed by atoms with Crippen molar-refractivity contribution in [1.29, 1.82) is 0 Å². The number of hydrogen-bond acceptors (Lipinski definition) is 3. The molecule has 0 saturated heterocycles. The highest BCUT2D eigenvalue weighted by molar-refractivity contribution is 5.67. The lowest BCUT2D eigenvalue weighted by Gasteiger charge is -2.25. The van der Waals surface area contributed by atoms with Gasteiger partial charge >= 0.3 is 6.09 Å². The van der Waals surface area contributed by atoms with E-state index in [4.69, 9.17) is 4.74 Å². The van der Waals surface area contributed by atoms with Gasteiger partial charge in [-0.15, -0.1) is 0 Å². The molecule has 4 nitrogen and oxygen atoms in total. The fraction of sp³-hybridized carbons (Fsp3) is 0.588. The lowest BCUT2D eigenvalue weighted by molar-refractivity contribution is 0.0519. The molecule has 0 aliphatic rings. The Hall–Kier alpha value is -1.55. The first-order chi connectivity index (χ1) is 9.78. The predicted molar refractivity (Wildman–Crippen MR) is 86.1 cm³/mol. The molecule has 0 saturated carbocycles. The minimum Gasteiger partial charge on any atom is -0.444 e. The summed E-state index contributed by atoms with van der Waals surface area (Å²) in [5, 5.41) is 6.32. The van der Waals surface area contributed by atoms with Gasteiger partial charge < -0.3 is 15.4 Å². The molecule has 0 radical (unpaired) electrons. The molecule has 118 valence electrons. The van der Waals surface area contributed by atoms with Gasteiger partial charge in [0, 0.05) is 19.1 Å². The van der Waals surface area contributed by atoms with Gasteiger partial charge in [-0.1, -0.05) is 44.2 Å². The molecule has 1 aromatic rings. The smallest absolute Gasteiger partial charge is 0.407 e. The Kier molecular flexibility index (Phi) is 6.69. The third kappa shape index (κ3) is 7.71. The molecule has 0 spiro atoms. The quantitative estimate of drug-likeness (QED) is 0.845. The zero-order chi connectivity index (χ0) is 15.9. The van der Waals surface area contributed by atoms with Crippen molar-refractivity contribution in [2.75, 3.05) is 6.54 Å². The maximum absolute atomic E-state index is 11.7. The second kappa shape index (κ2) is 8.03. The second-order valence-corrected chi connectivity index (χ2v) is 6.60. The van der Waals surface area contributed by atoms with Crippen LogP contribution in [-0.2, 0) is 11.3 Å². The van der Waals surface area contributed by atoms with Crippen molar-refractivity contribution in [1.82, 2.24) is 10.6 Å². The van der Waals surface area contributed by atoms with Crippen molar-refractivity contribution in [2.24, 2.45) is 5.92 Å². The Balaban J connectivity index is 2.42. The minimum atomic E-state index is -0.463. The van der Waals surface area contributed by atoms with Gasteiger partial charge in [-0.2, -0.15) is 0 Å². The van der Waals surface area contributed by atoms with Crippen molar-refractivity contribution in [3.05, 3.63) is 35.9 Å². The Morgan fingerprint density at radius 3 is 2.33 bits per heavy atom. The average Bonchev–Trinajstić information content (AvgIpc) is 2.37. The van der Waals surface area contributed by atoms with Gasteiger partial charge in [0.15, 0.2) is 0 Å². The molecule has 1 aromatic carbocycles. The summed E-state index contributed by atoms with van der Waals surface area (Å²) in [4.78, 5) is 11.7. The van der Waals surface area contributed by atoms with Crippen LogP contribution in [0, 0.1) is 5.92 Å². The summed E-state index contributed by atoms with van der Waals surface area (Å²) in [5.74, 6) is 0.420. The van der Waals surface area contributed by atoms with Crippen LogP contribution in [0.5, 0.6) is 0 Å². The molecule has 1 atom stereocenters. The number of hydrogen-bond donors (Lipinski definition) is 2. The van der Waals surface area contributed by atoms with Crippen molar-refractivity contribution in [3.63, 3.8) is 0 Å². The molecule has 1 amide bonds. The Morgan fingerprint density at radius 2 is 1.81 bits per heavy atom. The molecular formula is C17H28N2O2. The van der Waals surface area contributed by atoms with Gasteiger partial charge in [-0.3, -0.25) is 0 Å². The Morgan fingerprint density at radius 1 is 1.19 bits per heavy atom. The third-order valence-corrected chi connectivity index (χ3v) is 3.08. The largest absolute Gasteiger partial charge is 0.444 e. The van der Waals surface area contributed by atoms with Crippen LogP contribution in [0.1, 0.15) is 40.2 Å². The molecule has 21 heavy (non-hydrogen) atoms. The summed E-state index contributed by atoms with van der Waals surface area (Å²) < 4.78 is 5.25. The molecule has 0 aliphatic heterocycles. The fourth-order valence-corrected chi connectivity index (χ4v) is 1.90.